The second kappa shape index (κ2) is 5.20. The molecule has 110 valence electrons. The highest BCUT2D eigenvalue weighted by molar-refractivity contribution is 5.92. The molecule has 0 aromatic carbocycles. The SMILES string of the molecule is CC1CCN(C(=O)c2cc(C3CC3)n(C)n2)C(CN)C1. The number of aromatic nitrogens is 2. The van der Waals surface area contributed by atoms with Crippen LogP contribution in [0.2, 0.25) is 0 Å². The Balaban J connectivity index is 1.78. The summed E-state index contributed by atoms with van der Waals surface area (Å²) in [7, 11) is 1.93. The molecular weight excluding hydrogens is 252 g/mol. The minimum absolute atomic E-state index is 0.0508. The fourth-order valence-corrected chi connectivity index (χ4v) is 3.24. The molecule has 5 heteroatoms. The molecule has 0 radical (unpaired) electrons. The van der Waals surface area contributed by atoms with Crippen LogP contribution in [0.4, 0.5) is 0 Å². The van der Waals surface area contributed by atoms with Crippen LogP contribution in [0, 0.1) is 5.92 Å². The number of hydrogen-bond donors (Lipinski definition) is 1. The van der Waals surface area contributed by atoms with E-state index in [1.165, 1.54) is 18.5 Å². The summed E-state index contributed by atoms with van der Waals surface area (Å²) in [5.74, 6) is 1.31. The number of aryl methyl sites for hydroxylation is 1. The zero-order valence-corrected chi connectivity index (χ0v) is 12.4. The second-order valence-corrected chi connectivity index (χ2v) is 6.37. The third-order valence-corrected chi connectivity index (χ3v) is 4.64. The van der Waals surface area contributed by atoms with Crippen molar-refractivity contribution in [2.75, 3.05) is 13.1 Å². The third kappa shape index (κ3) is 2.46. The van der Waals surface area contributed by atoms with E-state index in [1.54, 1.807) is 0 Å². The van der Waals surface area contributed by atoms with E-state index in [2.05, 4.69) is 12.0 Å². The minimum Gasteiger partial charge on any atom is -0.333 e. The maximum absolute atomic E-state index is 12.7. The molecule has 0 spiro atoms. The lowest BCUT2D eigenvalue weighted by molar-refractivity contribution is 0.0567. The summed E-state index contributed by atoms with van der Waals surface area (Å²) in [5.41, 5.74) is 7.63. The van der Waals surface area contributed by atoms with E-state index in [1.807, 2.05) is 22.7 Å². The van der Waals surface area contributed by atoms with E-state index < -0.39 is 0 Å². The van der Waals surface area contributed by atoms with Crippen LogP contribution in [0.15, 0.2) is 6.07 Å². The standard InChI is InChI=1S/C15H24N4O/c1-10-5-6-19(12(7-10)9-16)15(20)13-8-14(11-3-4-11)18(2)17-13/h8,10-12H,3-7,9,16H2,1-2H3. The molecule has 5 nitrogen and oxygen atoms in total. The number of carbonyl (C=O) groups is 1. The highest BCUT2D eigenvalue weighted by Gasteiger charge is 2.33. The lowest BCUT2D eigenvalue weighted by Crippen LogP contribution is -2.49. The van der Waals surface area contributed by atoms with E-state index in [9.17, 15) is 4.79 Å². The van der Waals surface area contributed by atoms with Gasteiger partial charge in [0, 0.05) is 37.8 Å². The zero-order chi connectivity index (χ0) is 14.3. The van der Waals surface area contributed by atoms with Gasteiger partial charge in [-0.15, -0.1) is 0 Å². The number of nitrogens with two attached hydrogens (primary N) is 1. The first-order chi connectivity index (χ1) is 9.60. The molecule has 1 saturated carbocycles. The molecule has 2 fully saturated rings. The molecule has 1 aliphatic carbocycles. The summed E-state index contributed by atoms with van der Waals surface area (Å²) in [5, 5.41) is 4.42. The molecule has 0 bridgehead atoms. The van der Waals surface area contributed by atoms with Crippen molar-refractivity contribution in [2.24, 2.45) is 18.7 Å². The molecule has 1 saturated heterocycles. The van der Waals surface area contributed by atoms with Gasteiger partial charge in [0.15, 0.2) is 5.69 Å². The first-order valence-corrected chi connectivity index (χ1v) is 7.65. The summed E-state index contributed by atoms with van der Waals surface area (Å²) in [6, 6.07) is 2.14. The maximum Gasteiger partial charge on any atom is 0.274 e. The van der Waals surface area contributed by atoms with Crippen molar-refractivity contribution in [2.45, 2.75) is 44.6 Å². The van der Waals surface area contributed by atoms with Crippen molar-refractivity contribution in [1.82, 2.24) is 14.7 Å². The zero-order valence-electron chi connectivity index (χ0n) is 12.4. The van der Waals surface area contributed by atoms with Gasteiger partial charge in [0.25, 0.3) is 5.91 Å². The number of carbonyl (C=O) groups excluding carboxylic acids is 1. The lowest BCUT2D eigenvalue weighted by Gasteiger charge is -2.37. The van der Waals surface area contributed by atoms with Gasteiger partial charge in [0.05, 0.1) is 0 Å². The fraction of sp³-hybridized carbons (Fsp3) is 0.733. The van der Waals surface area contributed by atoms with E-state index in [4.69, 9.17) is 5.73 Å². The monoisotopic (exact) mass is 276 g/mol. The molecule has 1 amide bonds. The van der Waals surface area contributed by atoms with Gasteiger partial charge >= 0.3 is 0 Å². The van der Waals surface area contributed by atoms with Crippen LogP contribution >= 0.6 is 0 Å². The van der Waals surface area contributed by atoms with Gasteiger partial charge < -0.3 is 10.6 Å². The van der Waals surface area contributed by atoms with Gasteiger partial charge in [-0.1, -0.05) is 6.92 Å². The summed E-state index contributed by atoms with van der Waals surface area (Å²) < 4.78 is 1.87. The summed E-state index contributed by atoms with van der Waals surface area (Å²) >= 11 is 0. The highest BCUT2D eigenvalue weighted by atomic mass is 16.2. The second-order valence-electron chi connectivity index (χ2n) is 6.37. The average Bonchev–Trinajstić information content (AvgIpc) is 3.21. The summed E-state index contributed by atoms with van der Waals surface area (Å²) in [6.45, 7) is 3.58. The molecule has 2 N–H and O–H groups in total. The lowest BCUT2D eigenvalue weighted by atomic mass is 9.92. The van der Waals surface area contributed by atoms with Gasteiger partial charge in [-0.25, -0.2) is 0 Å². The molecule has 3 rings (SSSR count). The van der Waals surface area contributed by atoms with E-state index >= 15 is 0 Å². The Bertz CT molecular complexity index is 506. The smallest absolute Gasteiger partial charge is 0.274 e. The number of rotatable bonds is 3. The van der Waals surface area contributed by atoms with Crippen molar-refractivity contribution >= 4 is 5.91 Å². The Morgan fingerprint density at radius 3 is 2.85 bits per heavy atom. The topological polar surface area (TPSA) is 64.2 Å². The molecule has 2 unspecified atom stereocenters. The maximum atomic E-state index is 12.7. The predicted molar refractivity (Wildman–Crippen MR) is 77.5 cm³/mol. The number of likely N-dealkylation sites (tertiary alicyclic amines) is 1. The highest BCUT2D eigenvalue weighted by Crippen LogP contribution is 2.40. The van der Waals surface area contributed by atoms with Crippen molar-refractivity contribution in [1.29, 1.82) is 0 Å². The Kier molecular flexibility index (Phi) is 3.54. The number of hydrogen-bond acceptors (Lipinski definition) is 3. The quantitative estimate of drug-likeness (QED) is 0.910. The van der Waals surface area contributed by atoms with Crippen LogP contribution in [0.25, 0.3) is 0 Å². The van der Waals surface area contributed by atoms with E-state index in [0.29, 0.717) is 24.1 Å². The van der Waals surface area contributed by atoms with Crippen LogP contribution in [0.1, 0.15) is 54.7 Å². The molecular formula is C15H24N4O. The van der Waals surface area contributed by atoms with E-state index in [0.717, 1.165) is 19.4 Å². The predicted octanol–water partition coefficient (Wildman–Crippen LogP) is 1.50. The first-order valence-electron chi connectivity index (χ1n) is 7.65. The number of piperidine rings is 1. The Labute approximate surface area is 120 Å². The van der Waals surface area contributed by atoms with Crippen LogP contribution in [0.3, 0.4) is 0 Å². The van der Waals surface area contributed by atoms with Crippen molar-refractivity contribution in [3.63, 3.8) is 0 Å². The van der Waals surface area contributed by atoms with Crippen molar-refractivity contribution in [3.05, 3.63) is 17.5 Å². The number of nitrogens with zero attached hydrogens (tertiary/aromatic N) is 3. The van der Waals surface area contributed by atoms with Gasteiger partial charge in [-0.3, -0.25) is 9.48 Å². The van der Waals surface area contributed by atoms with Crippen LogP contribution in [-0.4, -0.2) is 39.7 Å². The molecule has 2 heterocycles. The molecule has 1 aromatic rings. The fourth-order valence-electron chi connectivity index (χ4n) is 3.24. The summed E-state index contributed by atoms with van der Waals surface area (Å²) in [6.07, 6.45) is 4.51. The normalized spacial score (nSPS) is 26.9. The molecule has 2 atom stereocenters. The molecule has 1 aliphatic heterocycles. The Hall–Kier alpha value is -1.36. The number of amides is 1. The van der Waals surface area contributed by atoms with E-state index in [-0.39, 0.29) is 11.9 Å². The Morgan fingerprint density at radius 1 is 1.45 bits per heavy atom. The van der Waals surface area contributed by atoms with Gasteiger partial charge in [-0.05, 0) is 37.7 Å². The van der Waals surface area contributed by atoms with Crippen LogP contribution in [0.5, 0.6) is 0 Å². The first kappa shape index (κ1) is 13.6. The van der Waals surface area contributed by atoms with Crippen molar-refractivity contribution < 1.29 is 4.79 Å². The molecule has 2 aliphatic rings. The molecule has 1 aromatic heterocycles. The largest absolute Gasteiger partial charge is 0.333 e. The minimum atomic E-state index is 0.0508. The summed E-state index contributed by atoms with van der Waals surface area (Å²) in [4.78, 5) is 14.6. The average molecular weight is 276 g/mol. The van der Waals surface area contributed by atoms with Gasteiger partial charge in [-0.2, -0.15) is 5.10 Å². The van der Waals surface area contributed by atoms with Crippen LogP contribution in [-0.2, 0) is 7.05 Å². The Morgan fingerprint density at radius 2 is 2.20 bits per heavy atom. The van der Waals surface area contributed by atoms with Gasteiger partial charge in [0.1, 0.15) is 0 Å². The molecule has 20 heavy (non-hydrogen) atoms. The third-order valence-electron chi connectivity index (χ3n) is 4.64. The van der Waals surface area contributed by atoms with Crippen molar-refractivity contribution in [3.8, 4) is 0 Å². The van der Waals surface area contributed by atoms with Crippen LogP contribution < -0.4 is 5.73 Å². The van der Waals surface area contributed by atoms with Gasteiger partial charge in [0.2, 0.25) is 0 Å².